The third-order valence-electron chi connectivity index (χ3n) is 5.18. The van der Waals surface area contributed by atoms with E-state index in [0.717, 1.165) is 42.1 Å². The van der Waals surface area contributed by atoms with E-state index in [9.17, 15) is 14.7 Å². The molecule has 0 saturated carbocycles. The number of piperidine rings is 1. The van der Waals surface area contributed by atoms with Gasteiger partial charge in [-0.25, -0.2) is 4.79 Å². The number of urea groups is 1. The number of rotatable bonds is 6. The van der Waals surface area contributed by atoms with Crippen molar-refractivity contribution in [1.29, 1.82) is 0 Å². The Bertz CT molecular complexity index is 651. The van der Waals surface area contributed by atoms with Crippen LogP contribution in [0.3, 0.4) is 0 Å². The lowest BCUT2D eigenvalue weighted by Crippen LogP contribution is -2.57. The lowest BCUT2D eigenvalue weighted by molar-refractivity contribution is -0.134. The first-order valence-corrected chi connectivity index (χ1v) is 8.69. The van der Waals surface area contributed by atoms with Crippen LogP contribution in [0, 0.1) is 5.92 Å². The maximum absolute atomic E-state index is 13.2. The van der Waals surface area contributed by atoms with E-state index in [1.807, 2.05) is 24.3 Å². The molecule has 0 radical (unpaired) electrons. The molecular weight excluding hydrogens is 358 g/mol. The zero-order chi connectivity index (χ0) is 17.9. The average molecular weight is 384 g/mol. The summed E-state index contributed by atoms with van der Waals surface area (Å²) >= 11 is 0. The zero-order valence-corrected chi connectivity index (χ0v) is 15.7. The molecule has 1 aromatic carbocycles. The number of amides is 3. The third kappa shape index (κ3) is 3.79. The van der Waals surface area contributed by atoms with Gasteiger partial charge in [0.2, 0.25) is 0 Å². The molecule has 0 bridgehead atoms. The number of methoxy groups -OCH3 is 1. The topological polar surface area (TPSA) is 90.9 Å². The van der Waals surface area contributed by atoms with Crippen molar-refractivity contribution in [1.82, 2.24) is 15.5 Å². The number of hydrogen-bond acceptors (Lipinski definition) is 5. The van der Waals surface area contributed by atoms with Gasteiger partial charge in [0.05, 0.1) is 20.3 Å². The fourth-order valence-corrected chi connectivity index (χ4v) is 3.91. The van der Waals surface area contributed by atoms with Crippen LogP contribution < -0.4 is 15.4 Å². The second kappa shape index (κ2) is 8.70. The predicted molar refractivity (Wildman–Crippen MR) is 99.6 cm³/mol. The van der Waals surface area contributed by atoms with Crippen molar-refractivity contribution in [3.8, 4) is 5.75 Å². The molecule has 144 valence electrons. The van der Waals surface area contributed by atoms with Crippen LogP contribution >= 0.6 is 12.4 Å². The van der Waals surface area contributed by atoms with E-state index in [-0.39, 0.29) is 37.4 Å². The summed E-state index contributed by atoms with van der Waals surface area (Å²) in [5.41, 5.74) is -0.0156. The fraction of sp³-hybridized carbons (Fsp3) is 0.556. The first kappa shape index (κ1) is 20.5. The van der Waals surface area contributed by atoms with Gasteiger partial charge in [-0.2, -0.15) is 0 Å². The zero-order valence-electron chi connectivity index (χ0n) is 14.9. The molecule has 3 N–H and O–H groups in total. The largest absolute Gasteiger partial charge is 0.497 e. The molecule has 2 heterocycles. The molecular formula is C18H26ClN3O4. The van der Waals surface area contributed by atoms with Crippen molar-refractivity contribution in [3.05, 3.63) is 29.8 Å². The van der Waals surface area contributed by atoms with E-state index in [2.05, 4.69) is 10.6 Å². The van der Waals surface area contributed by atoms with Gasteiger partial charge in [-0.1, -0.05) is 12.1 Å². The molecule has 2 saturated heterocycles. The molecule has 1 unspecified atom stereocenters. The van der Waals surface area contributed by atoms with E-state index < -0.39 is 11.6 Å². The van der Waals surface area contributed by atoms with Crippen LogP contribution in [0.2, 0.25) is 0 Å². The second-order valence-corrected chi connectivity index (χ2v) is 6.63. The fourth-order valence-electron chi connectivity index (χ4n) is 3.91. The van der Waals surface area contributed by atoms with Gasteiger partial charge >= 0.3 is 6.03 Å². The average Bonchev–Trinajstić information content (AvgIpc) is 2.88. The molecule has 3 rings (SSSR count). The normalized spacial score (nSPS) is 23.5. The molecule has 2 fully saturated rings. The highest BCUT2D eigenvalue weighted by atomic mass is 35.5. The summed E-state index contributed by atoms with van der Waals surface area (Å²) in [6.45, 7) is 1.44. The summed E-state index contributed by atoms with van der Waals surface area (Å²) in [7, 11) is 1.60. The number of halogens is 1. The summed E-state index contributed by atoms with van der Waals surface area (Å²) in [4.78, 5) is 26.7. The molecule has 2 aliphatic rings. The Labute approximate surface area is 159 Å². The number of imide groups is 1. The maximum atomic E-state index is 13.2. The first-order chi connectivity index (χ1) is 12.1. The summed E-state index contributed by atoms with van der Waals surface area (Å²) in [6.07, 6.45) is 2.06. The number of aliphatic hydroxyl groups excluding tert-OH is 1. The minimum absolute atomic E-state index is 0. The maximum Gasteiger partial charge on any atom is 0.325 e. The standard InChI is InChI=1S/C18H25N3O4.ClH/c1-25-15-4-2-3-13(11-15)12-18(14-5-7-19-8-6-14)16(23)21(9-10-22)17(24)20-18;/h2-4,11,14,19,22H,5-10,12H2,1H3,(H,20,24);1H. The molecule has 2 aliphatic heterocycles. The van der Waals surface area contributed by atoms with Crippen molar-refractivity contribution in [3.63, 3.8) is 0 Å². The predicted octanol–water partition coefficient (Wildman–Crippen LogP) is 0.942. The Morgan fingerprint density at radius 3 is 2.69 bits per heavy atom. The van der Waals surface area contributed by atoms with Crippen molar-refractivity contribution >= 4 is 24.3 Å². The highest BCUT2D eigenvalue weighted by molar-refractivity contribution is 6.07. The Morgan fingerprint density at radius 1 is 1.31 bits per heavy atom. The Balaban J connectivity index is 0.00000243. The highest BCUT2D eigenvalue weighted by Crippen LogP contribution is 2.35. The number of carbonyl (C=O) groups is 2. The lowest BCUT2D eigenvalue weighted by Gasteiger charge is -2.38. The van der Waals surface area contributed by atoms with E-state index in [1.54, 1.807) is 7.11 Å². The Hall–Kier alpha value is -1.83. The number of hydrogen-bond donors (Lipinski definition) is 3. The van der Waals surface area contributed by atoms with Gasteiger partial charge in [0.25, 0.3) is 5.91 Å². The monoisotopic (exact) mass is 383 g/mol. The minimum atomic E-state index is -0.958. The summed E-state index contributed by atoms with van der Waals surface area (Å²) in [5.74, 6) is 0.545. The molecule has 1 atom stereocenters. The number of ether oxygens (including phenoxy) is 1. The van der Waals surface area contributed by atoms with Gasteiger partial charge in [-0.05, 0) is 49.5 Å². The lowest BCUT2D eigenvalue weighted by atomic mass is 9.74. The van der Waals surface area contributed by atoms with Gasteiger partial charge in [0, 0.05) is 6.42 Å². The summed E-state index contributed by atoms with van der Waals surface area (Å²) < 4.78 is 5.28. The van der Waals surface area contributed by atoms with Crippen molar-refractivity contribution in [2.24, 2.45) is 5.92 Å². The quantitative estimate of drug-likeness (QED) is 0.636. The highest BCUT2D eigenvalue weighted by Gasteiger charge is 2.55. The van der Waals surface area contributed by atoms with Crippen LogP contribution in [0.25, 0.3) is 0 Å². The molecule has 26 heavy (non-hydrogen) atoms. The number of nitrogens with zero attached hydrogens (tertiary/aromatic N) is 1. The number of β-amino-alcohol motifs (C(OH)–C–C–N with tert-alkyl or cyclic N) is 1. The molecule has 1 aromatic rings. The minimum Gasteiger partial charge on any atom is -0.497 e. The van der Waals surface area contributed by atoms with Gasteiger partial charge in [0.1, 0.15) is 11.3 Å². The van der Waals surface area contributed by atoms with Gasteiger partial charge in [0.15, 0.2) is 0 Å². The second-order valence-electron chi connectivity index (χ2n) is 6.63. The molecule has 0 spiro atoms. The van der Waals surface area contributed by atoms with Crippen LogP contribution in [0.15, 0.2) is 24.3 Å². The SMILES string of the molecule is COc1cccc(CC2(C3CCNCC3)NC(=O)N(CCO)C2=O)c1.Cl. The van der Waals surface area contributed by atoms with E-state index in [1.165, 1.54) is 0 Å². The molecule has 0 aromatic heterocycles. The third-order valence-corrected chi connectivity index (χ3v) is 5.18. The van der Waals surface area contributed by atoms with Crippen LogP contribution in [0.1, 0.15) is 18.4 Å². The van der Waals surface area contributed by atoms with E-state index in [4.69, 9.17) is 4.74 Å². The molecule has 3 amide bonds. The Morgan fingerprint density at radius 2 is 2.04 bits per heavy atom. The van der Waals surface area contributed by atoms with Crippen molar-refractivity contribution in [2.45, 2.75) is 24.8 Å². The van der Waals surface area contributed by atoms with Gasteiger partial charge in [-0.15, -0.1) is 12.4 Å². The van der Waals surface area contributed by atoms with Crippen LogP contribution in [0.5, 0.6) is 5.75 Å². The number of benzene rings is 1. The summed E-state index contributed by atoms with van der Waals surface area (Å²) in [6, 6.07) is 7.17. The molecule has 8 heteroatoms. The Kier molecular flexibility index (Phi) is 6.86. The van der Waals surface area contributed by atoms with E-state index >= 15 is 0 Å². The van der Waals surface area contributed by atoms with Crippen LogP contribution in [0.4, 0.5) is 4.79 Å². The van der Waals surface area contributed by atoms with Gasteiger partial charge < -0.3 is 20.5 Å². The number of carbonyl (C=O) groups excluding carboxylic acids is 2. The van der Waals surface area contributed by atoms with Gasteiger partial charge in [-0.3, -0.25) is 9.69 Å². The van der Waals surface area contributed by atoms with Crippen molar-refractivity contribution in [2.75, 3.05) is 33.4 Å². The first-order valence-electron chi connectivity index (χ1n) is 8.69. The number of nitrogens with one attached hydrogen (secondary N) is 2. The smallest absolute Gasteiger partial charge is 0.325 e. The van der Waals surface area contributed by atoms with Crippen LogP contribution in [-0.4, -0.2) is 60.8 Å². The van der Waals surface area contributed by atoms with Crippen LogP contribution in [-0.2, 0) is 11.2 Å². The molecule has 7 nitrogen and oxygen atoms in total. The van der Waals surface area contributed by atoms with Crippen molar-refractivity contribution < 1.29 is 19.4 Å². The molecule has 0 aliphatic carbocycles. The van der Waals surface area contributed by atoms with E-state index in [0.29, 0.717) is 6.42 Å². The number of aliphatic hydroxyl groups is 1. The summed E-state index contributed by atoms with van der Waals surface area (Å²) in [5, 5.41) is 15.5.